The van der Waals surface area contributed by atoms with Crippen molar-refractivity contribution in [3.63, 3.8) is 0 Å². The van der Waals surface area contributed by atoms with Gasteiger partial charge in [0.2, 0.25) is 0 Å². The maximum atomic E-state index is 12.8. The molecular formula is C23H39NO2. The summed E-state index contributed by atoms with van der Waals surface area (Å²) in [4.78, 5) is 14.9. The van der Waals surface area contributed by atoms with E-state index < -0.39 is 0 Å². The van der Waals surface area contributed by atoms with Crippen LogP contribution in [0.3, 0.4) is 0 Å². The largest absolute Gasteiger partial charge is 0.508 e. The van der Waals surface area contributed by atoms with E-state index in [4.69, 9.17) is 0 Å². The lowest BCUT2D eigenvalue weighted by Crippen LogP contribution is -2.33. The highest BCUT2D eigenvalue weighted by molar-refractivity contribution is 5.94. The highest BCUT2D eigenvalue weighted by atomic mass is 16.3. The van der Waals surface area contributed by atoms with E-state index in [1.165, 1.54) is 64.2 Å². The Labute approximate surface area is 160 Å². The minimum Gasteiger partial charge on any atom is -0.508 e. The average molecular weight is 362 g/mol. The van der Waals surface area contributed by atoms with Gasteiger partial charge in [0.25, 0.3) is 5.91 Å². The van der Waals surface area contributed by atoms with Gasteiger partial charge in [-0.15, -0.1) is 0 Å². The number of amides is 1. The molecule has 0 aliphatic heterocycles. The van der Waals surface area contributed by atoms with Crippen LogP contribution >= 0.6 is 0 Å². The van der Waals surface area contributed by atoms with Crippen molar-refractivity contribution in [3.8, 4) is 5.75 Å². The van der Waals surface area contributed by atoms with Gasteiger partial charge in [0.05, 0.1) is 0 Å². The molecule has 3 nitrogen and oxygen atoms in total. The molecule has 148 valence electrons. The van der Waals surface area contributed by atoms with Gasteiger partial charge in [-0.05, 0) is 37.1 Å². The highest BCUT2D eigenvalue weighted by Crippen LogP contribution is 2.14. The number of hydrogen-bond acceptors (Lipinski definition) is 2. The second-order valence-electron chi connectivity index (χ2n) is 7.37. The fraction of sp³-hybridized carbons (Fsp3) is 0.696. The van der Waals surface area contributed by atoms with Crippen molar-refractivity contribution in [3.05, 3.63) is 29.8 Å². The Balaban J connectivity index is 2.45. The molecule has 0 spiro atoms. The molecule has 0 aliphatic rings. The molecule has 1 rings (SSSR count). The van der Waals surface area contributed by atoms with Crippen LogP contribution in [0.2, 0.25) is 0 Å². The van der Waals surface area contributed by atoms with Crippen molar-refractivity contribution in [2.45, 2.75) is 90.9 Å². The summed E-state index contributed by atoms with van der Waals surface area (Å²) in [5.74, 6) is 0.312. The van der Waals surface area contributed by atoms with Crippen LogP contribution < -0.4 is 0 Å². The molecule has 0 aliphatic carbocycles. The Morgan fingerprint density at radius 1 is 0.731 bits per heavy atom. The fourth-order valence-corrected chi connectivity index (χ4v) is 3.27. The van der Waals surface area contributed by atoms with Crippen LogP contribution in [0.1, 0.15) is 101 Å². The van der Waals surface area contributed by atoms with Crippen molar-refractivity contribution in [1.82, 2.24) is 4.90 Å². The number of carbonyl (C=O) groups is 1. The third-order valence-corrected chi connectivity index (χ3v) is 4.96. The first kappa shape index (κ1) is 22.5. The molecule has 0 heterocycles. The molecule has 0 bridgehead atoms. The minimum absolute atomic E-state index is 0.104. The Morgan fingerprint density at radius 3 is 1.62 bits per heavy atom. The van der Waals surface area contributed by atoms with Gasteiger partial charge in [-0.25, -0.2) is 0 Å². The molecule has 3 heteroatoms. The summed E-state index contributed by atoms with van der Waals surface area (Å²) < 4.78 is 0. The number of carbonyl (C=O) groups excluding carboxylic acids is 1. The predicted molar refractivity (Wildman–Crippen MR) is 111 cm³/mol. The summed E-state index contributed by atoms with van der Waals surface area (Å²) >= 11 is 0. The van der Waals surface area contributed by atoms with Gasteiger partial charge in [0.1, 0.15) is 5.75 Å². The Kier molecular flexibility index (Phi) is 12.7. The van der Waals surface area contributed by atoms with E-state index in [1.807, 2.05) is 4.90 Å². The summed E-state index contributed by atoms with van der Waals surface area (Å²) in [6.45, 7) is 6.17. The monoisotopic (exact) mass is 361 g/mol. The van der Waals surface area contributed by atoms with Gasteiger partial charge < -0.3 is 10.0 Å². The number of rotatable bonds is 15. The molecular weight excluding hydrogens is 322 g/mol. The molecule has 0 fully saturated rings. The van der Waals surface area contributed by atoms with E-state index in [2.05, 4.69) is 13.8 Å². The van der Waals surface area contributed by atoms with Crippen LogP contribution in [0.4, 0.5) is 0 Å². The standard InChI is InChI=1S/C23H39NO2/c1-3-5-7-9-11-13-19-24(20-14-12-10-8-6-4-2)23(26)21-15-17-22(25)18-16-21/h15-18,25H,3-14,19-20H2,1-2H3. The van der Waals surface area contributed by atoms with Crippen molar-refractivity contribution in [1.29, 1.82) is 0 Å². The first-order valence-electron chi connectivity index (χ1n) is 10.8. The van der Waals surface area contributed by atoms with E-state index in [0.717, 1.165) is 25.9 Å². The van der Waals surface area contributed by atoms with Gasteiger partial charge in [-0.1, -0.05) is 78.1 Å². The zero-order chi connectivity index (χ0) is 19.0. The van der Waals surface area contributed by atoms with Gasteiger partial charge in [-0.3, -0.25) is 4.79 Å². The second-order valence-corrected chi connectivity index (χ2v) is 7.37. The number of hydrogen-bond donors (Lipinski definition) is 1. The van der Waals surface area contributed by atoms with E-state index >= 15 is 0 Å². The molecule has 0 unspecified atom stereocenters. The molecule has 1 aromatic rings. The topological polar surface area (TPSA) is 40.5 Å². The van der Waals surface area contributed by atoms with Crippen LogP contribution in [-0.2, 0) is 0 Å². The Bertz CT molecular complexity index is 454. The molecule has 0 aromatic heterocycles. The van der Waals surface area contributed by atoms with Gasteiger partial charge in [0, 0.05) is 18.7 Å². The summed E-state index contributed by atoms with van der Waals surface area (Å²) in [5, 5.41) is 9.44. The minimum atomic E-state index is 0.104. The smallest absolute Gasteiger partial charge is 0.253 e. The summed E-state index contributed by atoms with van der Waals surface area (Å²) in [6, 6.07) is 6.65. The SMILES string of the molecule is CCCCCCCCN(CCCCCCCC)C(=O)c1ccc(O)cc1. The molecule has 0 saturated carbocycles. The van der Waals surface area contributed by atoms with Crippen molar-refractivity contribution in [2.24, 2.45) is 0 Å². The lowest BCUT2D eigenvalue weighted by atomic mass is 10.1. The first-order valence-corrected chi connectivity index (χ1v) is 10.8. The van der Waals surface area contributed by atoms with Gasteiger partial charge in [-0.2, -0.15) is 0 Å². The number of unbranched alkanes of at least 4 members (excludes halogenated alkanes) is 10. The summed E-state index contributed by atoms with van der Waals surface area (Å²) in [6.07, 6.45) is 14.9. The Hall–Kier alpha value is -1.51. The van der Waals surface area contributed by atoms with E-state index in [1.54, 1.807) is 24.3 Å². The predicted octanol–water partition coefficient (Wildman–Crippen LogP) is 6.56. The van der Waals surface area contributed by atoms with Gasteiger partial charge in [0.15, 0.2) is 0 Å². The molecule has 0 saturated heterocycles. The van der Waals surface area contributed by atoms with E-state index in [9.17, 15) is 9.90 Å². The third-order valence-electron chi connectivity index (χ3n) is 4.96. The maximum absolute atomic E-state index is 12.8. The molecule has 1 aromatic carbocycles. The van der Waals surface area contributed by atoms with Crippen LogP contribution in [0, 0.1) is 0 Å². The highest BCUT2D eigenvalue weighted by Gasteiger charge is 2.15. The van der Waals surface area contributed by atoms with Gasteiger partial charge >= 0.3 is 0 Å². The quantitative estimate of drug-likeness (QED) is 0.360. The first-order chi connectivity index (χ1) is 12.7. The molecule has 1 N–H and O–H groups in total. The van der Waals surface area contributed by atoms with Crippen molar-refractivity contribution in [2.75, 3.05) is 13.1 Å². The zero-order valence-corrected chi connectivity index (χ0v) is 17.0. The molecule has 0 radical (unpaired) electrons. The van der Waals surface area contributed by atoms with Crippen LogP contribution in [-0.4, -0.2) is 29.0 Å². The molecule has 0 atom stereocenters. The number of benzene rings is 1. The van der Waals surface area contributed by atoms with Crippen LogP contribution in [0.15, 0.2) is 24.3 Å². The van der Waals surface area contributed by atoms with Crippen molar-refractivity contribution < 1.29 is 9.90 Å². The average Bonchev–Trinajstić information content (AvgIpc) is 2.65. The number of nitrogens with zero attached hydrogens (tertiary/aromatic N) is 1. The zero-order valence-electron chi connectivity index (χ0n) is 17.0. The Morgan fingerprint density at radius 2 is 1.15 bits per heavy atom. The number of phenols is 1. The van der Waals surface area contributed by atoms with E-state index in [-0.39, 0.29) is 11.7 Å². The van der Waals surface area contributed by atoms with E-state index in [0.29, 0.717) is 5.56 Å². The lowest BCUT2D eigenvalue weighted by molar-refractivity contribution is 0.0749. The number of aromatic hydroxyl groups is 1. The number of phenolic OH excluding ortho intramolecular Hbond substituents is 1. The van der Waals surface area contributed by atoms with Crippen LogP contribution in [0.25, 0.3) is 0 Å². The third kappa shape index (κ3) is 9.84. The van der Waals surface area contributed by atoms with Crippen LogP contribution in [0.5, 0.6) is 5.75 Å². The fourth-order valence-electron chi connectivity index (χ4n) is 3.27. The normalized spacial score (nSPS) is 10.8. The maximum Gasteiger partial charge on any atom is 0.253 e. The molecule has 26 heavy (non-hydrogen) atoms. The summed E-state index contributed by atoms with van der Waals surface area (Å²) in [7, 11) is 0. The lowest BCUT2D eigenvalue weighted by Gasteiger charge is -2.23. The summed E-state index contributed by atoms with van der Waals surface area (Å²) in [5.41, 5.74) is 0.680. The van der Waals surface area contributed by atoms with Crippen molar-refractivity contribution >= 4 is 5.91 Å². The molecule has 1 amide bonds. The second kappa shape index (κ2) is 14.6.